The minimum absolute atomic E-state index is 0.365. The molecule has 16 heavy (non-hydrogen) atoms. The SMILES string of the molecule is CCOCCN(CC)C1CCCCCC1N. The van der Waals surface area contributed by atoms with Crippen LogP contribution in [0.2, 0.25) is 0 Å². The molecule has 0 bridgehead atoms. The largest absolute Gasteiger partial charge is 0.380 e. The van der Waals surface area contributed by atoms with Gasteiger partial charge in [-0.15, -0.1) is 0 Å². The van der Waals surface area contributed by atoms with Crippen LogP contribution in [0.1, 0.15) is 46.0 Å². The van der Waals surface area contributed by atoms with Crippen LogP contribution in [0.15, 0.2) is 0 Å². The van der Waals surface area contributed by atoms with Gasteiger partial charge in [0, 0.05) is 25.2 Å². The van der Waals surface area contributed by atoms with Crippen LogP contribution in [0.25, 0.3) is 0 Å². The van der Waals surface area contributed by atoms with Crippen molar-refractivity contribution in [1.29, 1.82) is 0 Å². The molecule has 1 rings (SSSR count). The number of hydrogen-bond donors (Lipinski definition) is 1. The summed E-state index contributed by atoms with van der Waals surface area (Å²) in [6, 6.07) is 0.942. The first kappa shape index (κ1) is 13.9. The summed E-state index contributed by atoms with van der Waals surface area (Å²) in [6.07, 6.45) is 6.45. The van der Waals surface area contributed by atoms with Crippen molar-refractivity contribution in [1.82, 2.24) is 4.90 Å². The van der Waals surface area contributed by atoms with Gasteiger partial charge in [0.1, 0.15) is 0 Å². The number of ether oxygens (including phenoxy) is 1. The standard InChI is InChI=1S/C13H28N2O/c1-3-15(10-11-16-4-2)13-9-7-5-6-8-12(13)14/h12-13H,3-11,14H2,1-2H3. The molecule has 3 heteroatoms. The lowest BCUT2D eigenvalue weighted by atomic mass is 10.0. The maximum absolute atomic E-state index is 6.28. The second kappa shape index (κ2) is 8.04. The zero-order valence-corrected chi connectivity index (χ0v) is 11.0. The Balaban J connectivity index is 2.41. The molecule has 0 saturated heterocycles. The molecule has 3 nitrogen and oxygen atoms in total. The normalized spacial score (nSPS) is 27.0. The van der Waals surface area contributed by atoms with Gasteiger partial charge in [0.25, 0.3) is 0 Å². The van der Waals surface area contributed by atoms with E-state index in [0.29, 0.717) is 12.1 Å². The highest BCUT2D eigenvalue weighted by atomic mass is 16.5. The first-order valence-corrected chi connectivity index (χ1v) is 6.87. The monoisotopic (exact) mass is 228 g/mol. The van der Waals surface area contributed by atoms with Crippen molar-refractivity contribution in [2.24, 2.45) is 5.73 Å². The lowest BCUT2D eigenvalue weighted by Crippen LogP contribution is -2.48. The van der Waals surface area contributed by atoms with Crippen molar-refractivity contribution in [3.05, 3.63) is 0 Å². The molecule has 0 aromatic carbocycles. The molecule has 1 fully saturated rings. The molecular weight excluding hydrogens is 200 g/mol. The zero-order chi connectivity index (χ0) is 11.8. The first-order valence-electron chi connectivity index (χ1n) is 6.87. The maximum Gasteiger partial charge on any atom is 0.0593 e. The van der Waals surface area contributed by atoms with Crippen LogP contribution in [0.5, 0.6) is 0 Å². The topological polar surface area (TPSA) is 38.5 Å². The molecule has 0 aliphatic heterocycles. The summed E-state index contributed by atoms with van der Waals surface area (Å²) < 4.78 is 5.44. The van der Waals surface area contributed by atoms with Gasteiger partial charge in [0.05, 0.1) is 6.61 Å². The predicted octanol–water partition coefficient (Wildman–Crippen LogP) is 2.00. The van der Waals surface area contributed by atoms with Gasteiger partial charge in [0.15, 0.2) is 0 Å². The Morgan fingerprint density at radius 2 is 1.94 bits per heavy atom. The molecule has 0 aromatic heterocycles. The molecule has 96 valence electrons. The summed E-state index contributed by atoms with van der Waals surface area (Å²) in [6.45, 7) is 8.05. The van der Waals surface area contributed by atoms with E-state index in [1.165, 1.54) is 32.1 Å². The average molecular weight is 228 g/mol. The third-order valence-electron chi connectivity index (χ3n) is 3.63. The minimum Gasteiger partial charge on any atom is -0.380 e. The Morgan fingerprint density at radius 3 is 2.62 bits per heavy atom. The fourth-order valence-corrected chi connectivity index (χ4v) is 2.65. The molecule has 0 amide bonds. The minimum atomic E-state index is 0.365. The van der Waals surface area contributed by atoms with Gasteiger partial charge >= 0.3 is 0 Å². The average Bonchev–Trinajstić information content (AvgIpc) is 2.50. The Kier molecular flexibility index (Phi) is 7.01. The molecule has 0 heterocycles. The van der Waals surface area contributed by atoms with Gasteiger partial charge in [-0.2, -0.15) is 0 Å². The Morgan fingerprint density at radius 1 is 1.19 bits per heavy atom. The van der Waals surface area contributed by atoms with E-state index < -0.39 is 0 Å². The second-order valence-electron chi connectivity index (χ2n) is 4.69. The number of nitrogens with zero attached hydrogens (tertiary/aromatic N) is 1. The van der Waals surface area contributed by atoms with E-state index in [1.54, 1.807) is 0 Å². The Labute approximate surface area is 100 Å². The third kappa shape index (κ3) is 4.40. The van der Waals surface area contributed by atoms with E-state index >= 15 is 0 Å². The maximum atomic E-state index is 6.28. The first-order chi connectivity index (χ1) is 7.79. The molecule has 0 radical (unpaired) electrons. The molecule has 0 aromatic rings. The van der Waals surface area contributed by atoms with Crippen molar-refractivity contribution in [3.8, 4) is 0 Å². The van der Waals surface area contributed by atoms with Gasteiger partial charge in [0.2, 0.25) is 0 Å². The molecule has 1 saturated carbocycles. The highest BCUT2D eigenvalue weighted by molar-refractivity contribution is 4.84. The Hall–Kier alpha value is -0.120. The van der Waals surface area contributed by atoms with Gasteiger partial charge in [-0.05, 0) is 26.3 Å². The number of hydrogen-bond acceptors (Lipinski definition) is 3. The van der Waals surface area contributed by atoms with Gasteiger partial charge < -0.3 is 10.5 Å². The van der Waals surface area contributed by atoms with Crippen molar-refractivity contribution in [2.45, 2.75) is 58.0 Å². The van der Waals surface area contributed by atoms with Gasteiger partial charge in [-0.25, -0.2) is 0 Å². The van der Waals surface area contributed by atoms with Crippen LogP contribution in [0.3, 0.4) is 0 Å². The van der Waals surface area contributed by atoms with Gasteiger partial charge in [-0.3, -0.25) is 4.90 Å². The lowest BCUT2D eigenvalue weighted by Gasteiger charge is -2.33. The molecule has 1 aliphatic carbocycles. The highest BCUT2D eigenvalue weighted by Crippen LogP contribution is 2.21. The lowest BCUT2D eigenvalue weighted by molar-refractivity contribution is 0.0873. The highest BCUT2D eigenvalue weighted by Gasteiger charge is 2.25. The molecule has 2 unspecified atom stereocenters. The molecular formula is C13H28N2O. The molecule has 2 N–H and O–H groups in total. The molecule has 2 atom stereocenters. The second-order valence-corrected chi connectivity index (χ2v) is 4.69. The predicted molar refractivity (Wildman–Crippen MR) is 68.6 cm³/mol. The summed E-state index contributed by atoms with van der Waals surface area (Å²) in [5.74, 6) is 0. The van der Waals surface area contributed by atoms with Crippen molar-refractivity contribution >= 4 is 0 Å². The summed E-state index contributed by atoms with van der Waals surface area (Å²) in [5, 5.41) is 0. The summed E-state index contributed by atoms with van der Waals surface area (Å²) in [5.41, 5.74) is 6.28. The van der Waals surface area contributed by atoms with Crippen LogP contribution >= 0.6 is 0 Å². The van der Waals surface area contributed by atoms with Crippen LogP contribution in [0, 0.1) is 0 Å². The van der Waals surface area contributed by atoms with Crippen molar-refractivity contribution < 1.29 is 4.74 Å². The Bertz CT molecular complexity index is 175. The number of rotatable bonds is 6. The fraction of sp³-hybridized carbons (Fsp3) is 1.00. The number of nitrogens with two attached hydrogens (primary N) is 1. The zero-order valence-electron chi connectivity index (χ0n) is 11.0. The van der Waals surface area contributed by atoms with Crippen molar-refractivity contribution in [3.63, 3.8) is 0 Å². The van der Waals surface area contributed by atoms with Crippen LogP contribution < -0.4 is 5.73 Å². The van der Waals surface area contributed by atoms with Gasteiger partial charge in [-0.1, -0.05) is 26.2 Å². The summed E-state index contributed by atoms with van der Waals surface area (Å²) in [7, 11) is 0. The third-order valence-corrected chi connectivity index (χ3v) is 3.63. The smallest absolute Gasteiger partial charge is 0.0593 e. The van der Waals surface area contributed by atoms with Crippen LogP contribution in [-0.4, -0.2) is 43.3 Å². The van der Waals surface area contributed by atoms with E-state index in [9.17, 15) is 0 Å². The summed E-state index contributed by atoms with van der Waals surface area (Å²) >= 11 is 0. The summed E-state index contributed by atoms with van der Waals surface area (Å²) in [4.78, 5) is 2.51. The van der Waals surface area contributed by atoms with E-state index in [0.717, 1.165) is 26.3 Å². The van der Waals surface area contributed by atoms with Crippen LogP contribution in [-0.2, 0) is 4.74 Å². The van der Waals surface area contributed by atoms with Crippen LogP contribution in [0.4, 0.5) is 0 Å². The van der Waals surface area contributed by atoms with Crippen molar-refractivity contribution in [2.75, 3.05) is 26.3 Å². The molecule has 0 spiro atoms. The molecule has 1 aliphatic rings. The van der Waals surface area contributed by atoms with E-state index in [-0.39, 0.29) is 0 Å². The van der Waals surface area contributed by atoms with E-state index in [4.69, 9.17) is 10.5 Å². The number of likely N-dealkylation sites (N-methyl/N-ethyl adjacent to an activating group) is 1. The van der Waals surface area contributed by atoms with E-state index in [1.807, 2.05) is 6.92 Å². The van der Waals surface area contributed by atoms with E-state index in [2.05, 4.69) is 11.8 Å². The fourth-order valence-electron chi connectivity index (χ4n) is 2.65. The quantitative estimate of drug-likeness (QED) is 0.558.